The molecular weight excluding hydrogens is 224 g/mol. The molecule has 0 saturated heterocycles. The van der Waals surface area contributed by atoms with Crippen LogP contribution < -0.4 is 0 Å². The van der Waals surface area contributed by atoms with Crippen LogP contribution >= 0.6 is 0 Å². The second kappa shape index (κ2) is 4.97. The summed E-state index contributed by atoms with van der Waals surface area (Å²) in [7, 11) is 0. The van der Waals surface area contributed by atoms with E-state index in [-0.39, 0.29) is 11.9 Å². The van der Waals surface area contributed by atoms with E-state index in [4.69, 9.17) is 9.47 Å². The average molecular weight is 250 g/mol. The first-order chi connectivity index (χ1) is 8.66. The second-order valence-corrected chi connectivity index (χ2v) is 6.59. The summed E-state index contributed by atoms with van der Waals surface area (Å²) < 4.78 is 12.3. The van der Waals surface area contributed by atoms with Crippen molar-refractivity contribution in [1.29, 1.82) is 0 Å². The highest BCUT2D eigenvalue weighted by molar-refractivity contribution is 5.16. The Morgan fingerprint density at radius 1 is 1.17 bits per heavy atom. The molecule has 0 N–H and O–H groups in total. The molecule has 3 aliphatic rings. The van der Waals surface area contributed by atoms with E-state index in [1.54, 1.807) is 0 Å². The van der Waals surface area contributed by atoms with E-state index >= 15 is 0 Å². The van der Waals surface area contributed by atoms with Crippen LogP contribution in [-0.2, 0) is 9.47 Å². The third-order valence-electron chi connectivity index (χ3n) is 5.00. The highest BCUT2D eigenvalue weighted by Crippen LogP contribution is 2.48. The van der Waals surface area contributed by atoms with Gasteiger partial charge in [-0.25, -0.2) is 0 Å². The Balaban J connectivity index is 1.51. The average Bonchev–Trinajstić information content (AvgIpc) is 2.89. The van der Waals surface area contributed by atoms with E-state index in [0.717, 1.165) is 5.92 Å². The van der Waals surface area contributed by atoms with Crippen molar-refractivity contribution in [2.24, 2.45) is 11.8 Å². The van der Waals surface area contributed by atoms with E-state index in [1.165, 1.54) is 44.9 Å². The number of hydrogen-bond donors (Lipinski definition) is 0. The van der Waals surface area contributed by atoms with Gasteiger partial charge >= 0.3 is 0 Å². The van der Waals surface area contributed by atoms with Gasteiger partial charge in [-0.3, -0.25) is 0 Å². The maximum absolute atomic E-state index is 6.26. The van der Waals surface area contributed by atoms with Crippen LogP contribution in [0.15, 0.2) is 12.2 Å². The standard InChI is InChI=1S/C16H26O2/c1-12(17-15-6-4-3-5-7-15)18-16(2)11-13-8-9-14(16)10-13/h8-9,12-15H,3-7,10-11H2,1-2H3. The topological polar surface area (TPSA) is 18.5 Å². The molecule has 2 bridgehead atoms. The normalized spacial score (nSPS) is 41.4. The van der Waals surface area contributed by atoms with Crippen LogP contribution in [0.4, 0.5) is 0 Å². The van der Waals surface area contributed by atoms with Crippen molar-refractivity contribution in [3.8, 4) is 0 Å². The molecule has 0 aromatic carbocycles. The van der Waals surface area contributed by atoms with Crippen molar-refractivity contribution in [2.75, 3.05) is 0 Å². The van der Waals surface area contributed by atoms with Gasteiger partial charge in [-0.1, -0.05) is 31.4 Å². The Morgan fingerprint density at radius 2 is 1.94 bits per heavy atom. The fourth-order valence-electron chi connectivity index (χ4n) is 4.07. The molecule has 102 valence electrons. The summed E-state index contributed by atoms with van der Waals surface area (Å²) >= 11 is 0. The van der Waals surface area contributed by atoms with E-state index in [9.17, 15) is 0 Å². The molecule has 4 unspecified atom stereocenters. The van der Waals surface area contributed by atoms with Gasteiger partial charge in [0.05, 0.1) is 11.7 Å². The Bertz CT molecular complexity index is 319. The molecule has 4 atom stereocenters. The summed E-state index contributed by atoms with van der Waals surface area (Å²) in [6.45, 7) is 4.34. The number of ether oxygens (including phenoxy) is 2. The highest BCUT2D eigenvalue weighted by atomic mass is 16.7. The zero-order chi connectivity index (χ0) is 12.6. The predicted octanol–water partition coefficient (Wildman–Crippen LogP) is 4.05. The van der Waals surface area contributed by atoms with Gasteiger partial charge < -0.3 is 9.47 Å². The number of rotatable bonds is 4. The molecule has 0 heterocycles. The first kappa shape index (κ1) is 12.7. The van der Waals surface area contributed by atoms with Crippen LogP contribution in [0.5, 0.6) is 0 Å². The Morgan fingerprint density at radius 3 is 2.56 bits per heavy atom. The lowest BCUT2D eigenvalue weighted by molar-refractivity contribution is -0.225. The molecule has 0 amide bonds. The maximum atomic E-state index is 6.26. The molecule has 0 aromatic heterocycles. The molecular formula is C16H26O2. The van der Waals surface area contributed by atoms with E-state index in [1.807, 2.05) is 0 Å². The lowest BCUT2D eigenvalue weighted by Crippen LogP contribution is -2.39. The molecule has 2 nitrogen and oxygen atoms in total. The summed E-state index contributed by atoms with van der Waals surface area (Å²) in [6, 6.07) is 0. The molecule has 2 heteroatoms. The zero-order valence-electron chi connectivity index (χ0n) is 11.7. The van der Waals surface area contributed by atoms with Crippen LogP contribution in [0.25, 0.3) is 0 Å². The smallest absolute Gasteiger partial charge is 0.155 e. The van der Waals surface area contributed by atoms with Crippen LogP contribution in [0.3, 0.4) is 0 Å². The third kappa shape index (κ3) is 2.50. The first-order valence-corrected chi connectivity index (χ1v) is 7.67. The van der Waals surface area contributed by atoms with Crippen molar-refractivity contribution in [2.45, 2.75) is 76.8 Å². The molecule has 18 heavy (non-hydrogen) atoms. The maximum Gasteiger partial charge on any atom is 0.155 e. The molecule has 3 rings (SSSR count). The minimum atomic E-state index is -0.0501. The van der Waals surface area contributed by atoms with Gasteiger partial charge in [-0.05, 0) is 45.4 Å². The van der Waals surface area contributed by atoms with Crippen molar-refractivity contribution in [3.05, 3.63) is 12.2 Å². The third-order valence-corrected chi connectivity index (χ3v) is 5.00. The Kier molecular flexibility index (Phi) is 3.50. The molecule has 3 aliphatic carbocycles. The Hall–Kier alpha value is -0.340. The van der Waals surface area contributed by atoms with Crippen LogP contribution in [0.1, 0.15) is 58.8 Å². The molecule has 0 aromatic rings. The SMILES string of the molecule is CC(OC1CCCCC1)OC1(C)CC2C=CC1C2. The fraction of sp³-hybridized carbons (Fsp3) is 0.875. The lowest BCUT2D eigenvalue weighted by Gasteiger charge is -2.36. The summed E-state index contributed by atoms with van der Waals surface area (Å²) in [5.41, 5.74) is 0.0213. The molecule has 0 spiro atoms. The minimum Gasteiger partial charge on any atom is -0.350 e. The van der Waals surface area contributed by atoms with Crippen molar-refractivity contribution < 1.29 is 9.47 Å². The van der Waals surface area contributed by atoms with E-state index in [0.29, 0.717) is 12.0 Å². The molecule has 0 aliphatic heterocycles. The van der Waals surface area contributed by atoms with Gasteiger partial charge in [-0.2, -0.15) is 0 Å². The van der Waals surface area contributed by atoms with Crippen molar-refractivity contribution in [1.82, 2.24) is 0 Å². The molecule has 0 radical (unpaired) electrons. The largest absolute Gasteiger partial charge is 0.350 e. The first-order valence-electron chi connectivity index (χ1n) is 7.67. The predicted molar refractivity (Wildman–Crippen MR) is 72.3 cm³/mol. The van der Waals surface area contributed by atoms with Crippen LogP contribution in [-0.4, -0.2) is 18.0 Å². The fourth-order valence-corrected chi connectivity index (χ4v) is 4.07. The van der Waals surface area contributed by atoms with Gasteiger partial charge in [0, 0.05) is 5.92 Å². The van der Waals surface area contributed by atoms with Gasteiger partial charge in [0.25, 0.3) is 0 Å². The zero-order valence-corrected chi connectivity index (χ0v) is 11.7. The monoisotopic (exact) mass is 250 g/mol. The molecule has 2 saturated carbocycles. The summed E-state index contributed by atoms with van der Waals surface area (Å²) in [5.74, 6) is 1.36. The summed E-state index contributed by atoms with van der Waals surface area (Å²) in [4.78, 5) is 0. The van der Waals surface area contributed by atoms with Crippen LogP contribution in [0, 0.1) is 11.8 Å². The summed E-state index contributed by atoms with van der Waals surface area (Å²) in [6.07, 6.45) is 14.0. The highest BCUT2D eigenvalue weighted by Gasteiger charge is 2.47. The minimum absolute atomic E-state index is 0.0213. The Labute approximate surface area is 111 Å². The van der Waals surface area contributed by atoms with Crippen LogP contribution in [0.2, 0.25) is 0 Å². The van der Waals surface area contributed by atoms with Gasteiger partial charge in [0.2, 0.25) is 0 Å². The van der Waals surface area contributed by atoms with Gasteiger partial charge in [0.15, 0.2) is 6.29 Å². The van der Waals surface area contributed by atoms with E-state index < -0.39 is 0 Å². The number of hydrogen-bond acceptors (Lipinski definition) is 2. The van der Waals surface area contributed by atoms with Crippen molar-refractivity contribution >= 4 is 0 Å². The second-order valence-electron chi connectivity index (χ2n) is 6.59. The number of allylic oxidation sites excluding steroid dienone is 1. The quantitative estimate of drug-likeness (QED) is 0.553. The lowest BCUT2D eigenvalue weighted by atomic mass is 9.90. The number of fused-ring (bicyclic) bond motifs is 2. The van der Waals surface area contributed by atoms with Crippen molar-refractivity contribution in [3.63, 3.8) is 0 Å². The molecule has 2 fully saturated rings. The van der Waals surface area contributed by atoms with Gasteiger partial charge in [-0.15, -0.1) is 0 Å². The van der Waals surface area contributed by atoms with Gasteiger partial charge in [0.1, 0.15) is 0 Å². The summed E-state index contributed by atoms with van der Waals surface area (Å²) in [5, 5.41) is 0. The van der Waals surface area contributed by atoms with E-state index in [2.05, 4.69) is 26.0 Å².